The monoisotopic (exact) mass is 360 g/mol. The van der Waals surface area contributed by atoms with E-state index in [9.17, 15) is 9.59 Å². The third-order valence-corrected chi connectivity index (χ3v) is 3.77. The lowest BCUT2D eigenvalue weighted by atomic mass is 9.99. The van der Waals surface area contributed by atoms with Gasteiger partial charge in [0.15, 0.2) is 0 Å². The molecule has 1 atom stereocenters. The molecular weight excluding hydrogens is 340 g/mol. The Balaban J connectivity index is 1.94. The van der Waals surface area contributed by atoms with Gasteiger partial charge in [-0.05, 0) is 37.1 Å². The summed E-state index contributed by atoms with van der Waals surface area (Å²) in [6, 6.07) is 16.1. The number of urea groups is 1. The van der Waals surface area contributed by atoms with Gasteiger partial charge in [0.1, 0.15) is 0 Å². The van der Waals surface area contributed by atoms with E-state index in [0.717, 1.165) is 5.56 Å². The predicted octanol–water partition coefficient (Wildman–Crippen LogP) is 3.88. The lowest BCUT2D eigenvalue weighted by Gasteiger charge is -2.17. The Hall–Kier alpha value is -2.53. The maximum Gasteiger partial charge on any atom is 0.319 e. The van der Waals surface area contributed by atoms with Crippen molar-refractivity contribution in [3.8, 4) is 0 Å². The van der Waals surface area contributed by atoms with Gasteiger partial charge in [0.05, 0.1) is 12.5 Å². The van der Waals surface area contributed by atoms with Gasteiger partial charge in [-0.3, -0.25) is 4.79 Å². The van der Waals surface area contributed by atoms with Crippen molar-refractivity contribution in [3.05, 3.63) is 65.2 Å². The molecule has 0 saturated heterocycles. The van der Waals surface area contributed by atoms with Gasteiger partial charge in [-0.15, -0.1) is 0 Å². The molecule has 2 N–H and O–H groups in total. The minimum atomic E-state index is -0.451. The number of hydrogen-bond acceptors (Lipinski definition) is 3. The average molecular weight is 361 g/mol. The molecule has 2 aromatic rings. The second-order valence-corrected chi connectivity index (χ2v) is 5.92. The lowest BCUT2D eigenvalue weighted by Crippen LogP contribution is -2.37. The zero-order chi connectivity index (χ0) is 18.1. The van der Waals surface area contributed by atoms with Crippen LogP contribution in [0, 0.1) is 5.92 Å². The zero-order valence-corrected chi connectivity index (χ0v) is 14.8. The molecule has 0 aliphatic rings. The van der Waals surface area contributed by atoms with Crippen LogP contribution < -0.4 is 10.6 Å². The molecule has 0 unspecified atom stereocenters. The van der Waals surface area contributed by atoms with E-state index < -0.39 is 11.9 Å². The van der Waals surface area contributed by atoms with Gasteiger partial charge in [-0.2, -0.15) is 0 Å². The SMILES string of the molecule is CCOC(=O)[C@H](CNC(=O)Nc1cccc(Cl)c1)Cc1ccccc1. The topological polar surface area (TPSA) is 67.4 Å². The molecule has 5 nitrogen and oxygen atoms in total. The summed E-state index contributed by atoms with van der Waals surface area (Å²) in [6.45, 7) is 2.25. The van der Waals surface area contributed by atoms with Crippen LogP contribution in [0.5, 0.6) is 0 Å². The summed E-state index contributed by atoms with van der Waals surface area (Å²) >= 11 is 5.89. The lowest BCUT2D eigenvalue weighted by molar-refractivity contribution is -0.147. The first-order chi connectivity index (χ1) is 12.1. The van der Waals surface area contributed by atoms with Crippen LogP contribution in [-0.2, 0) is 16.0 Å². The number of esters is 1. The van der Waals surface area contributed by atoms with E-state index in [-0.39, 0.29) is 12.5 Å². The van der Waals surface area contributed by atoms with Crippen LogP contribution in [0.2, 0.25) is 5.02 Å². The van der Waals surface area contributed by atoms with Gasteiger partial charge in [0.2, 0.25) is 0 Å². The molecule has 2 aromatic carbocycles. The van der Waals surface area contributed by atoms with Crippen LogP contribution in [0.4, 0.5) is 10.5 Å². The molecule has 0 bridgehead atoms. The minimum absolute atomic E-state index is 0.181. The van der Waals surface area contributed by atoms with E-state index in [2.05, 4.69) is 10.6 Å². The van der Waals surface area contributed by atoms with Crippen molar-refractivity contribution in [1.82, 2.24) is 5.32 Å². The van der Waals surface area contributed by atoms with Gasteiger partial charge in [0, 0.05) is 17.3 Å². The fourth-order valence-corrected chi connectivity index (χ4v) is 2.55. The third kappa shape index (κ3) is 6.47. The number of rotatable bonds is 7. The standard InChI is InChI=1S/C19H21ClN2O3/c1-2-25-18(23)15(11-14-7-4-3-5-8-14)13-21-19(24)22-17-10-6-9-16(20)12-17/h3-10,12,15H,2,11,13H2,1H3,(H2,21,22,24)/t15-/m0/s1. The Morgan fingerprint density at radius 2 is 1.88 bits per heavy atom. The number of halogens is 1. The van der Waals surface area contributed by atoms with Crippen LogP contribution >= 0.6 is 11.6 Å². The van der Waals surface area contributed by atoms with Crippen LogP contribution in [-0.4, -0.2) is 25.2 Å². The van der Waals surface area contributed by atoms with Gasteiger partial charge < -0.3 is 15.4 Å². The molecule has 0 saturated carbocycles. The molecule has 0 aliphatic heterocycles. The average Bonchev–Trinajstić information content (AvgIpc) is 2.59. The van der Waals surface area contributed by atoms with E-state index in [1.54, 1.807) is 31.2 Å². The Kier molecular flexibility index (Phi) is 7.29. The predicted molar refractivity (Wildman–Crippen MR) is 98.7 cm³/mol. The molecule has 0 fully saturated rings. The summed E-state index contributed by atoms with van der Waals surface area (Å²) in [5.41, 5.74) is 1.60. The van der Waals surface area contributed by atoms with E-state index in [0.29, 0.717) is 23.7 Å². The highest BCUT2D eigenvalue weighted by molar-refractivity contribution is 6.30. The fraction of sp³-hybridized carbons (Fsp3) is 0.263. The van der Waals surface area contributed by atoms with Gasteiger partial charge in [-0.25, -0.2) is 4.79 Å². The van der Waals surface area contributed by atoms with Crippen molar-refractivity contribution < 1.29 is 14.3 Å². The van der Waals surface area contributed by atoms with Crippen LogP contribution in [0.15, 0.2) is 54.6 Å². The molecule has 25 heavy (non-hydrogen) atoms. The largest absolute Gasteiger partial charge is 0.466 e. The first kappa shape index (κ1) is 18.8. The molecule has 2 rings (SSSR count). The molecule has 2 amide bonds. The van der Waals surface area contributed by atoms with E-state index in [4.69, 9.17) is 16.3 Å². The molecule has 0 heterocycles. The number of carbonyl (C=O) groups excluding carboxylic acids is 2. The number of benzene rings is 2. The molecule has 0 aromatic heterocycles. The molecular formula is C19H21ClN2O3. The summed E-state index contributed by atoms with van der Waals surface area (Å²) in [7, 11) is 0. The number of ether oxygens (including phenoxy) is 1. The number of anilines is 1. The van der Waals surface area contributed by atoms with Crippen molar-refractivity contribution in [2.24, 2.45) is 5.92 Å². The quantitative estimate of drug-likeness (QED) is 0.736. The molecule has 0 aliphatic carbocycles. The van der Waals surface area contributed by atoms with Gasteiger partial charge in [0.25, 0.3) is 0 Å². The van der Waals surface area contributed by atoms with Crippen LogP contribution in [0.3, 0.4) is 0 Å². The van der Waals surface area contributed by atoms with E-state index >= 15 is 0 Å². The highest BCUT2D eigenvalue weighted by Gasteiger charge is 2.21. The van der Waals surface area contributed by atoms with E-state index in [1.165, 1.54) is 0 Å². The number of amides is 2. The number of nitrogens with one attached hydrogen (secondary N) is 2. The molecule has 132 valence electrons. The van der Waals surface area contributed by atoms with Crippen molar-refractivity contribution in [2.45, 2.75) is 13.3 Å². The van der Waals surface area contributed by atoms with Crippen molar-refractivity contribution in [1.29, 1.82) is 0 Å². The Labute approximate surface area is 152 Å². The number of hydrogen-bond donors (Lipinski definition) is 2. The third-order valence-electron chi connectivity index (χ3n) is 3.54. The normalized spacial score (nSPS) is 11.4. The number of carbonyl (C=O) groups is 2. The molecule has 0 radical (unpaired) electrons. The van der Waals surface area contributed by atoms with Crippen LogP contribution in [0.1, 0.15) is 12.5 Å². The smallest absolute Gasteiger partial charge is 0.319 e. The van der Waals surface area contributed by atoms with Gasteiger partial charge >= 0.3 is 12.0 Å². The summed E-state index contributed by atoms with van der Waals surface area (Å²) in [5, 5.41) is 5.94. The Morgan fingerprint density at radius 3 is 2.56 bits per heavy atom. The second-order valence-electron chi connectivity index (χ2n) is 5.48. The summed E-state index contributed by atoms with van der Waals surface area (Å²) in [5.74, 6) is -0.776. The maximum atomic E-state index is 12.2. The summed E-state index contributed by atoms with van der Waals surface area (Å²) in [6.07, 6.45) is 0.497. The van der Waals surface area contributed by atoms with Crippen LogP contribution in [0.25, 0.3) is 0 Å². The summed E-state index contributed by atoms with van der Waals surface area (Å²) in [4.78, 5) is 24.2. The van der Waals surface area contributed by atoms with Crippen molar-refractivity contribution >= 4 is 29.3 Å². The van der Waals surface area contributed by atoms with Crippen molar-refractivity contribution in [3.63, 3.8) is 0 Å². The van der Waals surface area contributed by atoms with Crippen molar-refractivity contribution in [2.75, 3.05) is 18.5 Å². The minimum Gasteiger partial charge on any atom is -0.466 e. The Bertz CT molecular complexity index is 707. The first-order valence-electron chi connectivity index (χ1n) is 8.09. The van der Waals surface area contributed by atoms with Gasteiger partial charge in [-0.1, -0.05) is 48.0 Å². The zero-order valence-electron chi connectivity index (χ0n) is 14.0. The molecule has 0 spiro atoms. The molecule has 6 heteroatoms. The fourth-order valence-electron chi connectivity index (χ4n) is 2.35. The highest BCUT2D eigenvalue weighted by atomic mass is 35.5. The summed E-state index contributed by atoms with van der Waals surface area (Å²) < 4.78 is 5.11. The highest BCUT2D eigenvalue weighted by Crippen LogP contribution is 2.15. The maximum absolute atomic E-state index is 12.2. The van der Waals surface area contributed by atoms with E-state index in [1.807, 2.05) is 30.3 Å². The second kappa shape index (κ2) is 9.69. The first-order valence-corrected chi connectivity index (χ1v) is 8.47. The Morgan fingerprint density at radius 1 is 1.12 bits per heavy atom.